The SMILES string of the molecule is CCC1=NOC(CNC(=O)c2cc3c(nc2OC)CCC3)C1. The zero-order valence-electron chi connectivity index (χ0n) is 13.0. The van der Waals surface area contributed by atoms with Crippen molar-refractivity contribution in [3.8, 4) is 5.88 Å². The summed E-state index contributed by atoms with van der Waals surface area (Å²) in [4.78, 5) is 22.2. The van der Waals surface area contributed by atoms with Gasteiger partial charge in [0.2, 0.25) is 5.88 Å². The lowest BCUT2D eigenvalue weighted by atomic mass is 10.1. The molecule has 1 aliphatic carbocycles. The number of aryl methyl sites for hydroxylation is 2. The molecule has 0 radical (unpaired) electrons. The Kier molecular flexibility index (Phi) is 4.27. The lowest BCUT2D eigenvalue weighted by molar-refractivity contribution is 0.0751. The fourth-order valence-corrected chi connectivity index (χ4v) is 2.88. The van der Waals surface area contributed by atoms with Gasteiger partial charge in [0.1, 0.15) is 11.7 Å². The Morgan fingerprint density at radius 2 is 2.36 bits per heavy atom. The summed E-state index contributed by atoms with van der Waals surface area (Å²) in [6.45, 7) is 2.48. The second-order valence-electron chi connectivity index (χ2n) is 5.66. The minimum absolute atomic E-state index is 0.0766. The molecule has 0 spiro atoms. The van der Waals surface area contributed by atoms with E-state index in [0.717, 1.165) is 49.1 Å². The predicted octanol–water partition coefficient (Wildman–Crippen LogP) is 1.86. The second kappa shape index (κ2) is 6.34. The lowest BCUT2D eigenvalue weighted by Crippen LogP contribution is -2.32. The molecule has 1 aliphatic heterocycles. The topological polar surface area (TPSA) is 72.8 Å². The number of carbonyl (C=O) groups is 1. The van der Waals surface area contributed by atoms with Crippen LogP contribution in [0.25, 0.3) is 0 Å². The number of nitrogens with zero attached hydrogens (tertiary/aromatic N) is 2. The summed E-state index contributed by atoms with van der Waals surface area (Å²) < 4.78 is 5.27. The van der Waals surface area contributed by atoms with Crippen molar-refractivity contribution in [3.05, 3.63) is 22.9 Å². The molecule has 1 amide bonds. The fourth-order valence-electron chi connectivity index (χ4n) is 2.88. The number of ether oxygens (including phenoxy) is 1. The fraction of sp³-hybridized carbons (Fsp3) is 0.562. The minimum atomic E-state index is -0.174. The maximum Gasteiger partial charge on any atom is 0.256 e. The maximum absolute atomic E-state index is 12.4. The third-order valence-corrected chi connectivity index (χ3v) is 4.15. The Balaban J connectivity index is 1.65. The van der Waals surface area contributed by atoms with Gasteiger partial charge in [-0.15, -0.1) is 0 Å². The number of methoxy groups -OCH3 is 1. The number of hydrogen-bond acceptors (Lipinski definition) is 5. The van der Waals surface area contributed by atoms with Crippen molar-refractivity contribution in [2.45, 2.75) is 45.1 Å². The summed E-state index contributed by atoms with van der Waals surface area (Å²) in [5, 5.41) is 6.89. The van der Waals surface area contributed by atoms with Crippen LogP contribution in [-0.4, -0.2) is 36.4 Å². The molecule has 2 heterocycles. The Hall–Kier alpha value is -2.11. The number of pyridine rings is 1. The summed E-state index contributed by atoms with van der Waals surface area (Å²) in [5.41, 5.74) is 3.74. The van der Waals surface area contributed by atoms with Gasteiger partial charge >= 0.3 is 0 Å². The molecule has 1 aromatic heterocycles. The van der Waals surface area contributed by atoms with Gasteiger partial charge in [0.25, 0.3) is 5.91 Å². The normalized spacial score (nSPS) is 19.4. The van der Waals surface area contributed by atoms with Crippen LogP contribution in [0.3, 0.4) is 0 Å². The van der Waals surface area contributed by atoms with Crippen molar-refractivity contribution in [2.24, 2.45) is 5.16 Å². The summed E-state index contributed by atoms with van der Waals surface area (Å²) in [6.07, 6.45) is 4.60. The molecule has 0 saturated heterocycles. The van der Waals surface area contributed by atoms with Crippen molar-refractivity contribution < 1.29 is 14.4 Å². The minimum Gasteiger partial charge on any atom is -0.480 e. The average Bonchev–Trinajstić information content (AvgIpc) is 3.19. The van der Waals surface area contributed by atoms with Gasteiger partial charge in [0.05, 0.1) is 19.4 Å². The van der Waals surface area contributed by atoms with Gasteiger partial charge in [-0.3, -0.25) is 4.79 Å². The molecule has 22 heavy (non-hydrogen) atoms. The van der Waals surface area contributed by atoms with Gasteiger partial charge in [-0.25, -0.2) is 4.98 Å². The Morgan fingerprint density at radius 3 is 3.09 bits per heavy atom. The van der Waals surface area contributed by atoms with Crippen LogP contribution in [0.2, 0.25) is 0 Å². The predicted molar refractivity (Wildman–Crippen MR) is 82.4 cm³/mol. The first-order valence-electron chi connectivity index (χ1n) is 7.77. The van der Waals surface area contributed by atoms with Crippen molar-refractivity contribution in [1.29, 1.82) is 0 Å². The number of nitrogens with one attached hydrogen (secondary N) is 1. The third-order valence-electron chi connectivity index (χ3n) is 4.15. The monoisotopic (exact) mass is 303 g/mol. The van der Waals surface area contributed by atoms with Crippen LogP contribution in [0.4, 0.5) is 0 Å². The highest BCUT2D eigenvalue weighted by Crippen LogP contribution is 2.26. The van der Waals surface area contributed by atoms with E-state index in [2.05, 4.69) is 15.5 Å². The highest BCUT2D eigenvalue weighted by atomic mass is 16.6. The first-order chi connectivity index (χ1) is 10.7. The number of fused-ring (bicyclic) bond motifs is 1. The highest BCUT2D eigenvalue weighted by Gasteiger charge is 2.24. The second-order valence-corrected chi connectivity index (χ2v) is 5.66. The van der Waals surface area contributed by atoms with Gasteiger partial charge in [0, 0.05) is 12.1 Å². The molecule has 2 aliphatic rings. The van der Waals surface area contributed by atoms with Gasteiger partial charge in [0.15, 0.2) is 0 Å². The van der Waals surface area contributed by atoms with E-state index in [0.29, 0.717) is 18.0 Å². The molecule has 6 nitrogen and oxygen atoms in total. The van der Waals surface area contributed by atoms with Crippen LogP contribution < -0.4 is 10.1 Å². The van der Waals surface area contributed by atoms with Gasteiger partial charge in [-0.1, -0.05) is 12.1 Å². The molecule has 1 aromatic rings. The van der Waals surface area contributed by atoms with Crippen LogP contribution in [0.5, 0.6) is 5.88 Å². The Labute approximate surface area is 129 Å². The standard InChI is InChI=1S/C16H21N3O3/c1-3-11-8-12(22-19-11)9-17-15(20)13-7-10-5-4-6-14(10)18-16(13)21-2/h7,12H,3-6,8-9H2,1-2H3,(H,17,20). The van der Waals surface area contributed by atoms with E-state index >= 15 is 0 Å². The molecule has 0 bridgehead atoms. The number of oxime groups is 1. The molecule has 0 fully saturated rings. The van der Waals surface area contributed by atoms with Crippen LogP contribution in [0.1, 0.15) is 47.8 Å². The number of amides is 1. The van der Waals surface area contributed by atoms with E-state index < -0.39 is 0 Å². The van der Waals surface area contributed by atoms with E-state index in [4.69, 9.17) is 9.57 Å². The smallest absolute Gasteiger partial charge is 0.256 e. The van der Waals surface area contributed by atoms with E-state index in [1.807, 2.05) is 13.0 Å². The first-order valence-corrected chi connectivity index (χ1v) is 7.77. The zero-order valence-corrected chi connectivity index (χ0v) is 13.0. The summed E-state index contributed by atoms with van der Waals surface area (Å²) >= 11 is 0. The molecule has 0 saturated carbocycles. The summed E-state index contributed by atoms with van der Waals surface area (Å²) in [6, 6.07) is 1.91. The van der Waals surface area contributed by atoms with Crippen molar-refractivity contribution in [1.82, 2.24) is 10.3 Å². The number of hydrogen-bond donors (Lipinski definition) is 1. The first kappa shape index (κ1) is 14.8. The van der Waals surface area contributed by atoms with E-state index in [1.54, 1.807) is 7.11 Å². The quantitative estimate of drug-likeness (QED) is 0.901. The molecule has 1 unspecified atom stereocenters. The highest BCUT2D eigenvalue weighted by molar-refractivity contribution is 5.96. The molecule has 6 heteroatoms. The van der Waals surface area contributed by atoms with Gasteiger partial charge in [-0.05, 0) is 37.3 Å². The Morgan fingerprint density at radius 1 is 1.50 bits per heavy atom. The molecular formula is C16H21N3O3. The van der Waals surface area contributed by atoms with E-state index in [-0.39, 0.29) is 12.0 Å². The van der Waals surface area contributed by atoms with E-state index in [1.165, 1.54) is 0 Å². The molecule has 1 atom stereocenters. The molecule has 118 valence electrons. The summed E-state index contributed by atoms with van der Waals surface area (Å²) in [7, 11) is 1.54. The lowest BCUT2D eigenvalue weighted by Gasteiger charge is -2.13. The third kappa shape index (κ3) is 2.91. The van der Waals surface area contributed by atoms with Crippen LogP contribution in [0.15, 0.2) is 11.2 Å². The molecule has 0 aromatic carbocycles. The number of aromatic nitrogens is 1. The molecule has 3 rings (SSSR count). The van der Waals surface area contributed by atoms with Crippen molar-refractivity contribution >= 4 is 11.6 Å². The van der Waals surface area contributed by atoms with Crippen LogP contribution >= 0.6 is 0 Å². The number of carbonyl (C=O) groups excluding carboxylic acids is 1. The largest absolute Gasteiger partial charge is 0.480 e. The van der Waals surface area contributed by atoms with Gasteiger partial charge < -0.3 is 14.9 Å². The summed E-state index contributed by atoms with van der Waals surface area (Å²) in [5.74, 6) is 0.226. The average molecular weight is 303 g/mol. The maximum atomic E-state index is 12.4. The number of rotatable bonds is 5. The Bertz CT molecular complexity index is 613. The van der Waals surface area contributed by atoms with Crippen molar-refractivity contribution in [3.63, 3.8) is 0 Å². The van der Waals surface area contributed by atoms with E-state index in [9.17, 15) is 4.79 Å². The van der Waals surface area contributed by atoms with Crippen LogP contribution in [-0.2, 0) is 17.7 Å². The van der Waals surface area contributed by atoms with Crippen molar-refractivity contribution in [2.75, 3.05) is 13.7 Å². The van der Waals surface area contributed by atoms with Crippen LogP contribution in [0, 0.1) is 0 Å². The molecular weight excluding hydrogens is 282 g/mol. The molecule has 1 N–H and O–H groups in total. The zero-order chi connectivity index (χ0) is 15.5. The van der Waals surface area contributed by atoms with Gasteiger partial charge in [-0.2, -0.15) is 0 Å².